The minimum atomic E-state index is 1.13. The summed E-state index contributed by atoms with van der Waals surface area (Å²) in [5.74, 6) is 0. The van der Waals surface area contributed by atoms with E-state index in [0.717, 1.165) is 13.1 Å². The molecule has 0 amide bonds. The fourth-order valence-corrected chi connectivity index (χ4v) is 3.93. The molecule has 0 radical (unpaired) electrons. The Labute approximate surface area is 179 Å². The van der Waals surface area contributed by atoms with Crippen LogP contribution in [0.15, 0.2) is 0 Å². The van der Waals surface area contributed by atoms with Gasteiger partial charge in [-0.25, -0.2) is 0 Å². The van der Waals surface area contributed by atoms with Crippen molar-refractivity contribution in [2.24, 2.45) is 0 Å². The van der Waals surface area contributed by atoms with Crippen molar-refractivity contribution in [2.45, 2.75) is 155 Å². The lowest BCUT2D eigenvalue weighted by Gasteiger charge is -2.07. The van der Waals surface area contributed by atoms with Gasteiger partial charge in [-0.3, -0.25) is 10.9 Å². The number of hydrogen-bond acceptors (Lipinski definition) is 2. The molecule has 170 valence electrons. The van der Waals surface area contributed by atoms with E-state index < -0.39 is 0 Å². The standard InChI is InChI=1S/C26H56N2/c1-3-5-7-9-11-13-15-17-19-21-23-25-27-28-26-24-22-20-18-16-14-12-10-8-6-4-2/h27-28H,3-26H2,1-2H3. The largest absolute Gasteiger partial charge is 0.258 e. The Balaban J connectivity index is 2.96. The highest BCUT2D eigenvalue weighted by Gasteiger charge is 1.95. The van der Waals surface area contributed by atoms with E-state index in [1.54, 1.807) is 0 Å². The third-order valence-electron chi connectivity index (χ3n) is 5.94. The molecule has 28 heavy (non-hydrogen) atoms. The highest BCUT2D eigenvalue weighted by Crippen LogP contribution is 2.12. The zero-order chi connectivity index (χ0) is 20.4. The van der Waals surface area contributed by atoms with Gasteiger partial charge in [-0.1, -0.05) is 142 Å². The maximum absolute atomic E-state index is 3.40. The summed E-state index contributed by atoms with van der Waals surface area (Å²) in [6.45, 7) is 6.86. The predicted octanol–water partition coefficient (Wildman–Crippen LogP) is 8.70. The first-order valence-electron chi connectivity index (χ1n) is 13.4. The molecule has 2 heteroatoms. The predicted molar refractivity (Wildman–Crippen MR) is 129 cm³/mol. The maximum Gasteiger partial charge on any atom is 0.00997 e. The monoisotopic (exact) mass is 396 g/mol. The van der Waals surface area contributed by atoms with Gasteiger partial charge in [-0.2, -0.15) is 0 Å². The van der Waals surface area contributed by atoms with Gasteiger partial charge < -0.3 is 0 Å². The molecule has 0 aliphatic carbocycles. The molecular weight excluding hydrogens is 340 g/mol. The third kappa shape index (κ3) is 25.9. The first-order chi connectivity index (χ1) is 13.9. The summed E-state index contributed by atoms with van der Waals surface area (Å²) in [5.41, 5.74) is 6.80. The summed E-state index contributed by atoms with van der Waals surface area (Å²) in [4.78, 5) is 0. The topological polar surface area (TPSA) is 24.1 Å². The van der Waals surface area contributed by atoms with Crippen molar-refractivity contribution in [1.29, 1.82) is 0 Å². The number of hydrazine groups is 1. The minimum Gasteiger partial charge on any atom is -0.258 e. The Kier molecular flexibility index (Phi) is 26.8. The normalized spacial score (nSPS) is 11.4. The van der Waals surface area contributed by atoms with Crippen LogP contribution in [0, 0.1) is 0 Å². The van der Waals surface area contributed by atoms with E-state index in [2.05, 4.69) is 24.7 Å². The third-order valence-corrected chi connectivity index (χ3v) is 5.94. The van der Waals surface area contributed by atoms with Crippen molar-refractivity contribution in [2.75, 3.05) is 13.1 Å². The van der Waals surface area contributed by atoms with Gasteiger partial charge in [-0.05, 0) is 12.8 Å². The Morgan fingerprint density at radius 2 is 0.500 bits per heavy atom. The second kappa shape index (κ2) is 26.9. The molecule has 0 unspecified atom stereocenters. The second-order valence-electron chi connectivity index (χ2n) is 8.92. The van der Waals surface area contributed by atoms with Crippen molar-refractivity contribution < 1.29 is 0 Å². The molecular formula is C26H56N2. The van der Waals surface area contributed by atoms with Crippen LogP contribution in [0.1, 0.15) is 155 Å². The number of rotatable bonds is 25. The van der Waals surface area contributed by atoms with Crippen molar-refractivity contribution in [3.63, 3.8) is 0 Å². The van der Waals surface area contributed by atoms with E-state index in [4.69, 9.17) is 0 Å². The van der Waals surface area contributed by atoms with Crippen molar-refractivity contribution in [3.8, 4) is 0 Å². The fraction of sp³-hybridized carbons (Fsp3) is 1.00. The lowest BCUT2D eigenvalue weighted by molar-refractivity contribution is 0.477. The molecule has 0 heterocycles. The molecule has 2 N–H and O–H groups in total. The van der Waals surface area contributed by atoms with E-state index in [-0.39, 0.29) is 0 Å². The lowest BCUT2D eigenvalue weighted by atomic mass is 10.1. The zero-order valence-electron chi connectivity index (χ0n) is 20.0. The van der Waals surface area contributed by atoms with Crippen molar-refractivity contribution in [1.82, 2.24) is 10.9 Å². The molecule has 0 rings (SSSR count). The van der Waals surface area contributed by atoms with Crippen LogP contribution in [0.5, 0.6) is 0 Å². The highest BCUT2D eigenvalue weighted by molar-refractivity contribution is 4.51. The van der Waals surface area contributed by atoms with Gasteiger partial charge in [0.2, 0.25) is 0 Å². The maximum atomic E-state index is 3.40. The quantitative estimate of drug-likeness (QED) is 0.119. The first kappa shape index (κ1) is 27.9. The Morgan fingerprint density at radius 3 is 0.750 bits per heavy atom. The summed E-state index contributed by atoms with van der Waals surface area (Å²) < 4.78 is 0. The molecule has 0 fully saturated rings. The van der Waals surface area contributed by atoms with E-state index in [1.807, 2.05) is 0 Å². The van der Waals surface area contributed by atoms with Crippen LogP contribution < -0.4 is 10.9 Å². The van der Waals surface area contributed by atoms with Gasteiger partial charge >= 0.3 is 0 Å². The zero-order valence-corrected chi connectivity index (χ0v) is 20.0. The van der Waals surface area contributed by atoms with Crippen LogP contribution in [-0.4, -0.2) is 13.1 Å². The van der Waals surface area contributed by atoms with E-state index >= 15 is 0 Å². The molecule has 0 aromatic rings. The number of unbranched alkanes of at least 4 members (excludes halogenated alkanes) is 20. The summed E-state index contributed by atoms with van der Waals surface area (Å²) >= 11 is 0. The summed E-state index contributed by atoms with van der Waals surface area (Å²) in [6, 6.07) is 0. The molecule has 2 nitrogen and oxygen atoms in total. The molecule has 0 aromatic heterocycles. The Bertz CT molecular complexity index is 229. The number of nitrogens with one attached hydrogen (secondary N) is 2. The molecule has 0 saturated carbocycles. The molecule has 0 atom stereocenters. The smallest absolute Gasteiger partial charge is 0.00997 e. The number of hydrogen-bond donors (Lipinski definition) is 2. The lowest BCUT2D eigenvalue weighted by Crippen LogP contribution is -2.33. The Hall–Kier alpha value is -0.0800. The van der Waals surface area contributed by atoms with Crippen LogP contribution in [0.3, 0.4) is 0 Å². The second-order valence-corrected chi connectivity index (χ2v) is 8.92. The summed E-state index contributed by atoms with van der Waals surface area (Å²) in [5, 5.41) is 0. The molecule has 0 aliphatic heterocycles. The molecule has 0 spiro atoms. The van der Waals surface area contributed by atoms with Gasteiger partial charge in [0, 0.05) is 13.1 Å². The van der Waals surface area contributed by atoms with Crippen LogP contribution in [0.2, 0.25) is 0 Å². The van der Waals surface area contributed by atoms with Gasteiger partial charge in [0.05, 0.1) is 0 Å². The van der Waals surface area contributed by atoms with Gasteiger partial charge in [0.15, 0.2) is 0 Å². The molecule has 0 bridgehead atoms. The van der Waals surface area contributed by atoms with E-state index in [9.17, 15) is 0 Å². The minimum absolute atomic E-state index is 1.13. The van der Waals surface area contributed by atoms with Crippen LogP contribution >= 0.6 is 0 Å². The van der Waals surface area contributed by atoms with Gasteiger partial charge in [0.25, 0.3) is 0 Å². The van der Waals surface area contributed by atoms with E-state index in [0.29, 0.717) is 0 Å². The molecule has 0 aliphatic rings. The highest BCUT2D eigenvalue weighted by atomic mass is 15.3. The van der Waals surface area contributed by atoms with Crippen LogP contribution in [-0.2, 0) is 0 Å². The van der Waals surface area contributed by atoms with Crippen molar-refractivity contribution >= 4 is 0 Å². The fourth-order valence-electron chi connectivity index (χ4n) is 3.93. The van der Waals surface area contributed by atoms with Crippen LogP contribution in [0.4, 0.5) is 0 Å². The average Bonchev–Trinajstić information content (AvgIpc) is 2.71. The van der Waals surface area contributed by atoms with Crippen molar-refractivity contribution in [3.05, 3.63) is 0 Å². The molecule has 0 saturated heterocycles. The SMILES string of the molecule is CCCCCCCCCCCCCNNCCCCCCCCCCCCC. The first-order valence-corrected chi connectivity index (χ1v) is 13.4. The van der Waals surface area contributed by atoms with Gasteiger partial charge in [0.1, 0.15) is 0 Å². The average molecular weight is 397 g/mol. The van der Waals surface area contributed by atoms with Gasteiger partial charge in [-0.15, -0.1) is 0 Å². The van der Waals surface area contributed by atoms with E-state index in [1.165, 1.54) is 141 Å². The molecule has 0 aromatic carbocycles. The Morgan fingerprint density at radius 1 is 0.286 bits per heavy atom. The summed E-state index contributed by atoms with van der Waals surface area (Å²) in [6.07, 6.45) is 31.3. The van der Waals surface area contributed by atoms with Crippen LogP contribution in [0.25, 0.3) is 0 Å². The summed E-state index contributed by atoms with van der Waals surface area (Å²) in [7, 11) is 0.